The van der Waals surface area contributed by atoms with Crippen molar-refractivity contribution in [1.82, 2.24) is 24.8 Å². The Hall–Kier alpha value is -2.88. The molecule has 2 aromatic heterocycles. The van der Waals surface area contributed by atoms with Gasteiger partial charge in [0.05, 0.1) is 6.20 Å². The van der Waals surface area contributed by atoms with Crippen LogP contribution in [0.2, 0.25) is 0 Å². The van der Waals surface area contributed by atoms with Crippen LogP contribution in [0, 0.1) is 11.8 Å². The van der Waals surface area contributed by atoms with Crippen LogP contribution in [0.25, 0.3) is 5.65 Å². The van der Waals surface area contributed by atoms with E-state index in [0.717, 1.165) is 17.4 Å². The van der Waals surface area contributed by atoms with Gasteiger partial charge < -0.3 is 20.5 Å². The maximum Gasteiger partial charge on any atom is 0.291 e. The lowest BCUT2D eigenvalue weighted by Crippen LogP contribution is -2.35. The van der Waals surface area contributed by atoms with Gasteiger partial charge in [-0.1, -0.05) is 13.8 Å². The Morgan fingerprint density at radius 2 is 1.97 bits per heavy atom. The minimum Gasteiger partial charge on any atom is -0.494 e. The quantitative estimate of drug-likeness (QED) is 0.595. The zero-order valence-electron chi connectivity index (χ0n) is 17.9. The summed E-state index contributed by atoms with van der Waals surface area (Å²) in [6, 6.07) is 0.0501. The van der Waals surface area contributed by atoms with Crippen molar-refractivity contribution in [2.24, 2.45) is 11.8 Å². The summed E-state index contributed by atoms with van der Waals surface area (Å²) in [6.45, 7) is 5.64. The molecule has 2 aliphatic rings. The molecular formula is C21H29N5O5. The second kappa shape index (κ2) is 8.70. The molecule has 1 saturated carbocycles. The summed E-state index contributed by atoms with van der Waals surface area (Å²) in [5.74, 6) is -0.989. The molecule has 0 spiro atoms. The highest BCUT2D eigenvalue weighted by atomic mass is 16.5. The third-order valence-corrected chi connectivity index (χ3v) is 5.69. The van der Waals surface area contributed by atoms with Gasteiger partial charge in [-0.05, 0) is 31.6 Å². The number of hydrogen-bond acceptors (Lipinski definition) is 6. The Bertz CT molecular complexity index is 1050. The molecular weight excluding hydrogens is 402 g/mol. The molecule has 3 N–H and O–H groups in total. The average Bonchev–Trinajstić information content (AvgIpc) is 3.45. The van der Waals surface area contributed by atoms with Gasteiger partial charge in [-0.3, -0.25) is 19.0 Å². The highest BCUT2D eigenvalue weighted by Crippen LogP contribution is 2.24. The molecule has 2 amide bonds. The lowest BCUT2D eigenvalue weighted by molar-refractivity contribution is -0.128. The van der Waals surface area contributed by atoms with Crippen molar-refractivity contribution in [1.29, 1.82) is 0 Å². The van der Waals surface area contributed by atoms with E-state index in [0.29, 0.717) is 43.8 Å². The number of aromatic hydroxyl groups is 1. The number of aromatic nitrogens is 3. The van der Waals surface area contributed by atoms with Crippen LogP contribution in [-0.4, -0.2) is 50.4 Å². The molecule has 1 saturated heterocycles. The number of nitrogens with zero attached hydrogens (tertiary/aromatic N) is 3. The van der Waals surface area contributed by atoms with Crippen molar-refractivity contribution in [3.63, 3.8) is 0 Å². The van der Waals surface area contributed by atoms with Gasteiger partial charge in [-0.2, -0.15) is 9.61 Å². The lowest BCUT2D eigenvalue weighted by atomic mass is 9.99. The molecule has 10 heteroatoms. The molecule has 168 valence electrons. The molecule has 2 aromatic rings. The fraction of sp³-hybridized carbons (Fsp3) is 0.619. The van der Waals surface area contributed by atoms with Gasteiger partial charge in [-0.25, -0.2) is 0 Å². The topological polar surface area (TPSA) is 127 Å². The molecule has 3 heterocycles. The smallest absolute Gasteiger partial charge is 0.291 e. The Labute approximate surface area is 179 Å². The number of fused-ring (bicyclic) bond motifs is 1. The van der Waals surface area contributed by atoms with Crippen LogP contribution in [0.1, 0.15) is 55.5 Å². The first-order chi connectivity index (χ1) is 14.9. The normalized spacial score (nSPS) is 17.3. The molecule has 0 unspecified atom stereocenters. The summed E-state index contributed by atoms with van der Waals surface area (Å²) < 4.78 is 7.98. The first-order valence-electron chi connectivity index (χ1n) is 10.9. The van der Waals surface area contributed by atoms with Gasteiger partial charge in [0.25, 0.3) is 11.5 Å². The summed E-state index contributed by atoms with van der Waals surface area (Å²) in [4.78, 5) is 38.1. The lowest BCUT2D eigenvalue weighted by Gasteiger charge is -2.21. The van der Waals surface area contributed by atoms with E-state index in [-0.39, 0.29) is 41.8 Å². The number of carbonyl (C=O) groups is 2. The van der Waals surface area contributed by atoms with Crippen LogP contribution >= 0.6 is 0 Å². The number of carbonyl (C=O) groups excluding carboxylic acids is 2. The van der Waals surface area contributed by atoms with Gasteiger partial charge in [0.2, 0.25) is 11.8 Å². The second-order valence-electron chi connectivity index (χ2n) is 8.77. The van der Waals surface area contributed by atoms with Crippen molar-refractivity contribution in [2.75, 3.05) is 13.2 Å². The minimum absolute atomic E-state index is 0.0501. The Morgan fingerprint density at radius 1 is 1.26 bits per heavy atom. The fourth-order valence-corrected chi connectivity index (χ4v) is 3.88. The van der Waals surface area contributed by atoms with E-state index in [1.807, 2.05) is 13.8 Å². The molecule has 0 atom stereocenters. The minimum atomic E-state index is -0.673. The molecule has 0 aromatic carbocycles. The molecule has 31 heavy (non-hydrogen) atoms. The number of ether oxygens (including phenoxy) is 1. The van der Waals surface area contributed by atoms with Crippen molar-refractivity contribution >= 4 is 17.5 Å². The van der Waals surface area contributed by atoms with Crippen molar-refractivity contribution < 1.29 is 19.4 Å². The molecule has 1 aliphatic heterocycles. The van der Waals surface area contributed by atoms with E-state index in [4.69, 9.17) is 4.74 Å². The molecule has 0 bridgehead atoms. The SMILES string of the molecule is CC(C)Cn1c(O)c(C(=O)NC2CC2)c(=O)n2ncc(CNC(=O)C3CCOCC3)c12. The number of nitrogens with one attached hydrogen (secondary N) is 2. The van der Waals surface area contributed by atoms with Gasteiger partial charge in [-0.15, -0.1) is 0 Å². The summed E-state index contributed by atoms with van der Waals surface area (Å²) in [6.07, 6.45) is 4.60. The highest BCUT2D eigenvalue weighted by Gasteiger charge is 2.30. The highest BCUT2D eigenvalue weighted by molar-refractivity contribution is 5.96. The molecule has 1 aliphatic carbocycles. The van der Waals surface area contributed by atoms with Crippen LogP contribution in [0.4, 0.5) is 0 Å². The zero-order valence-corrected chi connectivity index (χ0v) is 17.9. The predicted molar refractivity (Wildman–Crippen MR) is 112 cm³/mol. The van der Waals surface area contributed by atoms with E-state index >= 15 is 0 Å². The van der Waals surface area contributed by atoms with E-state index in [9.17, 15) is 19.5 Å². The average molecular weight is 431 g/mol. The maximum atomic E-state index is 13.0. The first kappa shape index (κ1) is 21.4. The fourth-order valence-electron chi connectivity index (χ4n) is 3.88. The second-order valence-corrected chi connectivity index (χ2v) is 8.77. The van der Waals surface area contributed by atoms with Crippen LogP contribution in [0.3, 0.4) is 0 Å². The number of hydrogen-bond donors (Lipinski definition) is 3. The summed E-state index contributed by atoms with van der Waals surface area (Å²) in [5.41, 5.74) is 0.00247. The first-order valence-corrected chi connectivity index (χ1v) is 10.9. The van der Waals surface area contributed by atoms with Crippen LogP contribution in [0.15, 0.2) is 11.0 Å². The van der Waals surface area contributed by atoms with Crippen molar-refractivity contribution in [3.8, 4) is 5.88 Å². The van der Waals surface area contributed by atoms with Crippen LogP contribution in [0.5, 0.6) is 5.88 Å². The predicted octanol–water partition coefficient (Wildman–Crippen LogP) is 0.793. The molecule has 10 nitrogen and oxygen atoms in total. The third kappa shape index (κ3) is 4.43. The summed E-state index contributed by atoms with van der Waals surface area (Å²) in [7, 11) is 0. The maximum absolute atomic E-state index is 13.0. The molecule has 0 radical (unpaired) electrons. The Kier molecular flexibility index (Phi) is 5.99. The van der Waals surface area contributed by atoms with Gasteiger partial charge in [0.15, 0.2) is 5.56 Å². The zero-order chi connectivity index (χ0) is 22.1. The largest absolute Gasteiger partial charge is 0.494 e. The van der Waals surface area contributed by atoms with Gasteiger partial charge in [0, 0.05) is 43.8 Å². The van der Waals surface area contributed by atoms with Gasteiger partial charge >= 0.3 is 0 Å². The van der Waals surface area contributed by atoms with Crippen molar-refractivity contribution in [2.45, 2.75) is 58.7 Å². The third-order valence-electron chi connectivity index (χ3n) is 5.69. The standard InChI is InChI=1S/C21H29N5O5/c1-12(2)11-25-19-14(9-22-17(27)13-5-7-31-8-6-13)10-23-26(19)21(30)16(20(25)29)18(28)24-15-3-4-15/h10,12-13,15,29H,3-9,11H2,1-2H3,(H,22,27)(H,24,28). The number of rotatable bonds is 7. The van der Waals surface area contributed by atoms with Gasteiger partial charge in [0.1, 0.15) is 5.65 Å². The molecule has 2 fully saturated rings. The van der Waals surface area contributed by atoms with Crippen LogP contribution < -0.4 is 16.2 Å². The summed E-state index contributed by atoms with van der Waals surface area (Å²) in [5, 5.41) is 20.8. The van der Waals surface area contributed by atoms with Crippen LogP contribution in [-0.2, 0) is 22.6 Å². The van der Waals surface area contributed by atoms with E-state index in [1.54, 1.807) is 0 Å². The van der Waals surface area contributed by atoms with Crippen molar-refractivity contribution in [3.05, 3.63) is 27.7 Å². The van der Waals surface area contributed by atoms with E-state index in [1.165, 1.54) is 10.8 Å². The number of amides is 2. The Balaban J connectivity index is 1.68. The van der Waals surface area contributed by atoms with E-state index < -0.39 is 11.5 Å². The monoisotopic (exact) mass is 431 g/mol. The Morgan fingerprint density at radius 3 is 2.61 bits per heavy atom. The summed E-state index contributed by atoms with van der Waals surface area (Å²) >= 11 is 0. The molecule has 4 rings (SSSR count). The van der Waals surface area contributed by atoms with E-state index in [2.05, 4.69) is 15.7 Å².